The van der Waals surface area contributed by atoms with Crippen LogP contribution in [0.4, 0.5) is 5.82 Å². The van der Waals surface area contributed by atoms with Gasteiger partial charge in [0, 0.05) is 19.2 Å². The highest BCUT2D eigenvalue weighted by Crippen LogP contribution is 2.31. The first-order valence-electron chi connectivity index (χ1n) is 10.7. The fourth-order valence-electron chi connectivity index (χ4n) is 3.38. The van der Waals surface area contributed by atoms with Gasteiger partial charge in [0.1, 0.15) is 5.82 Å². The lowest BCUT2D eigenvalue weighted by atomic mass is 10.2. The number of hydrogen-bond donors (Lipinski definition) is 2. The summed E-state index contributed by atoms with van der Waals surface area (Å²) in [5.41, 5.74) is 2.66. The second-order valence-electron chi connectivity index (χ2n) is 7.47. The van der Waals surface area contributed by atoms with Crippen LogP contribution in [0.1, 0.15) is 36.7 Å². The highest BCUT2D eigenvalue weighted by Gasteiger charge is 2.13. The third-order valence-corrected chi connectivity index (χ3v) is 7.29. The Hall–Kier alpha value is -2.40. The largest absolute Gasteiger partial charge is 0.369 e. The first-order chi connectivity index (χ1) is 15.3. The second-order valence-corrected chi connectivity index (χ2v) is 10.1. The van der Waals surface area contributed by atoms with E-state index < -0.39 is 10.0 Å². The molecule has 0 radical (unpaired) electrons. The normalized spacial score (nSPS) is 11.8. The molecule has 3 aromatic rings. The molecule has 0 fully saturated rings. The second kappa shape index (κ2) is 11.0. The Morgan fingerprint density at radius 3 is 2.47 bits per heavy atom. The number of anilines is 1. The molecule has 32 heavy (non-hydrogen) atoms. The fourth-order valence-corrected chi connectivity index (χ4v) is 4.98. The Bertz CT molecular complexity index is 1130. The molecule has 0 atom stereocenters. The van der Waals surface area contributed by atoms with E-state index in [-0.39, 0.29) is 4.90 Å². The summed E-state index contributed by atoms with van der Waals surface area (Å²) in [5, 5.41) is 9.47. The first kappa shape index (κ1) is 24.2. The number of sulfonamides is 1. The molecule has 0 amide bonds. The number of rotatable bonds is 11. The van der Waals surface area contributed by atoms with E-state index in [2.05, 4.69) is 39.0 Å². The summed E-state index contributed by atoms with van der Waals surface area (Å²) in [6.45, 7) is 10.3. The van der Waals surface area contributed by atoms with Crippen LogP contribution < -0.4 is 10.5 Å². The Morgan fingerprint density at radius 2 is 1.81 bits per heavy atom. The zero-order chi connectivity index (χ0) is 23.1. The van der Waals surface area contributed by atoms with Gasteiger partial charge in [-0.05, 0) is 50.7 Å². The van der Waals surface area contributed by atoms with Gasteiger partial charge >= 0.3 is 0 Å². The van der Waals surface area contributed by atoms with Crippen LogP contribution in [0.3, 0.4) is 0 Å². The average Bonchev–Trinajstić information content (AvgIpc) is 3.13. The van der Waals surface area contributed by atoms with Crippen molar-refractivity contribution in [2.75, 3.05) is 31.5 Å². The number of nitrogens with two attached hydrogens (primary N) is 1. The van der Waals surface area contributed by atoms with E-state index in [0.717, 1.165) is 65.3 Å². The van der Waals surface area contributed by atoms with E-state index in [9.17, 15) is 8.42 Å². The van der Waals surface area contributed by atoms with E-state index in [4.69, 9.17) is 5.14 Å². The Labute approximate surface area is 194 Å². The maximum absolute atomic E-state index is 11.5. The average molecular weight is 475 g/mol. The third kappa shape index (κ3) is 6.55. The number of benzene rings is 1. The molecular weight excluding hydrogens is 444 g/mol. The van der Waals surface area contributed by atoms with Gasteiger partial charge in [0.2, 0.25) is 10.0 Å². The van der Waals surface area contributed by atoms with Gasteiger partial charge in [0.05, 0.1) is 32.4 Å². The van der Waals surface area contributed by atoms with Crippen molar-refractivity contribution >= 4 is 27.2 Å². The number of nitrogens with one attached hydrogen (secondary N) is 1. The van der Waals surface area contributed by atoms with Crippen LogP contribution in [0.25, 0.3) is 10.4 Å². The van der Waals surface area contributed by atoms with Crippen LogP contribution in [0.15, 0.2) is 41.6 Å². The summed E-state index contributed by atoms with van der Waals surface area (Å²) in [4.78, 5) is 17.2. The number of aromatic nitrogens is 3. The van der Waals surface area contributed by atoms with Gasteiger partial charge < -0.3 is 10.2 Å². The molecule has 0 aliphatic heterocycles. The van der Waals surface area contributed by atoms with Gasteiger partial charge in [0.15, 0.2) is 0 Å². The number of primary sulfonamides is 1. The molecule has 8 nitrogen and oxygen atoms in total. The van der Waals surface area contributed by atoms with Crippen LogP contribution >= 0.6 is 11.3 Å². The van der Waals surface area contributed by atoms with Gasteiger partial charge in [-0.25, -0.2) is 23.5 Å². The lowest BCUT2D eigenvalue weighted by Crippen LogP contribution is -2.25. The molecule has 2 aromatic heterocycles. The standard InChI is InChI=1S/C22H30N6O2S2/c1-4-28(5-2)12-6-11-25-20-15-24-14-18(27-20)13-21-26-16(3)22(31-21)17-7-9-19(10-8-17)32(23,29)30/h7-10,14-15H,4-6,11-13H2,1-3H3,(H,25,27)(H2,23,29,30). The molecule has 0 unspecified atom stereocenters. The van der Waals surface area contributed by atoms with E-state index in [1.807, 2.05) is 6.92 Å². The maximum atomic E-state index is 11.5. The van der Waals surface area contributed by atoms with Gasteiger partial charge in [-0.3, -0.25) is 4.98 Å². The summed E-state index contributed by atoms with van der Waals surface area (Å²) in [6, 6.07) is 6.55. The van der Waals surface area contributed by atoms with Crippen molar-refractivity contribution in [2.45, 2.75) is 38.5 Å². The zero-order valence-corrected chi connectivity index (χ0v) is 20.3. The predicted molar refractivity (Wildman–Crippen MR) is 129 cm³/mol. The van der Waals surface area contributed by atoms with E-state index in [0.29, 0.717) is 6.42 Å². The summed E-state index contributed by atoms with van der Waals surface area (Å²) in [7, 11) is -3.70. The quantitative estimate of drug-likeness (QED) is 0.410. The number of aryl methyl sites for hydroxylation is 1. The molecular formula is C22H30N6O2S2. The molecule has 3 rings (SSSR count). The molecule has 2 heterocycles. The van der Waals surface area contributed by atoms with Crippen LogP contribution in [0, 0.1) is 6.92 Å². The van der Waals surface area contributed by atoms with Crippen molar-refractivity contribution < 1.29 is 8.42 Å². The number of hydrogen-bond acceptors (Lipinski definition) is 8. The topological polar surface area (TPSA) is 114 Å². The summed E-state index contributed by atoms with van der Waals surface area (Å²) in [6.07, 6.45) is 5.14. The lowest BCUT2D eigenvalue weighted by Gasteiger charge is -2.17. The van der Waals surface area contributed by atoms with Crippen LogP contribution in [-0.4, -0.2) is 54.4 Å². The van der Waals surface area contributed by atoms with Crippen molar-refractivity contribution in [1.29, 1.82) is 0 Å². The molecule has 3 N–H and O–H groups in total. The summed E-state index contributed by atoms with van der Waals surface area (Å²) >= 11 is 1.57. The first-order valence-corrected chi connectivity index (χ1v) is 13.0. The molecule has 0 spiro atoms. The Kier molecular flexibility index (Phi) is 8.30. The van der Waals surface area contributed by atoms with Gasteiger partial charge in [-0.2, -0.15) is 0 Å². The van der Waals surface area contributed by atoms with Crippen molar-refractivity contribution in [3.8, 4) is 10.4 Å². The Morgan fingerprint density at radius 1 is 1.09 bits per heavy atom. The van der Waals surface area contributed by atoms with Crippen molar-refractivity contribution in [1.82, 2.24) is 19.9 Å². The minimum absolute atomic E-state index is 0.0975. The van der Waals surface area contributed by atoms with Crippen molar-refractivity contribution in [3.63, 3.8) is 0 Å². The summed E-state index contributed by atoms with van der Waals surface area (Å²) in [5.74, 6) is 0.772. The minimum Gasteiger partial charge on any atom is -0.369 e. The molecule has 0 aliphatic rings. The van der Waals surface area contributed by atoms with E-state index in [1.165, 1.54) is 12.1 Å². The van der Waals surface area contributed by atoms with Crippen molar-refractivity contribution in [3.05, 3.63) is 53.1 Å². The molecule has 10 heteroatoms. The monoisotopic (exact) mass is 474 g/mol. The fraction of sp³-hybridized carbons (Fsp3) is 0.409. The SMILES string of the molecule is CCN(CC)CCCNc1cncc(Cc2nc(C)c(-c3ccc(S(N)(=O)=O)cc3)s2)n1. The molecule has 172 valence electrons. The minimum atomic E-state index is -3.70. The maximum Gasteiger partial charge on any atom is 0.238 e. The molecule has 0 aliphatic carbocycles. The number of nitrogens with zero attached hydrogens (tertiary/aromatic N) is 4. The van der Waals surface area contributed by atoms with Crippen LogP contribution in [-0.2, 0) is 16.4 Å². The lowest BCUT2D eigenvalue weighted by molar-refractivity contribution is 0.303. The predicted octanol–water partition coefficient (Wildman–Crippen LogP) is 3.29. The highest BCUT2D eigenvalue weighted by atomic mass is 32.2. The third-order valence-electron chi connectivity index (χ3n) is 5.15. The molecule has 0 bridgehead atoms. The van der Waals surface area contributed by atoms with E-state index >= 15 is 0 Å². The highest BCUT2D eigenvalue weighted by molar-refractivity contribution is 7.89. The molecule has 0 saturated carbocycles. The van der Waals surface area contributed by atoms with E-state index in [1.54, 1.807) is 35.9 Å². The molecule has 0 saturated heterocycles. The van der Waals surface area contributed by atoms with Gasteiger partial charge in [-0.15, -0.1) is 11.3 Å². The molecule has 1 aromatic carbocycles. The van der Waals surface area contributed by atoms with Crippen molar-refractivity contribution in [2.24, 2.45) is 5.14 Å². The Balaban J connectivity index is 1.64. The van der Waals surface area contributed by atoms with Crippen LogP contribution in [0.5, 0.6) is 0 Å². The summed E-state index contributed by atoms with van der Waals surface area (Å²) < 4.78 is 22.9. The number of thiazole rings is 1. The smallest absolute Gasteiger partial charge is 0.238 e. The van der Waals surface area contributed by atoms with Crippen LogP contribution in [0.2, 0.25) is 0 Å². The zero-order valence-electron chi connectivity index (χ0n) is 18.7. The van der Waals surface area contributed by atoms with Gasteiger partial charge in [-0.1, -0.05) is 26.0 Å². The van der Waals surface area contributed by atoms with Gasteiger partial charge in [0.25, 0.3) is 0 Å².